The fourth-order valence-corrected chi connectivity index (χ4v) is 1.14. The number of amides is 1. The summed E-state index contributed by atoms with van der Waals surface area (Å²) in [5.74, 6) is -0.109. The monoisotopic (exact) mass is 207 g/mol. The van der Waals surface area contributed by atoms with Crippen LogP contribution in [0.5, 0.6) is 0 Å². The number of nitrogens with two attached hydrogens (primary N) is 1. The van der Waals surface area contributed by atoms with Crippen LogP contribution in [0.1, 0.15) is 12.6 Å². The van der Waals surface area contributed by atoms with Gasteiger partial charge in [0, 0.05) is 37.3 Å². The van der Waals surface area contributed by atoms with Crippen molar-refractivity contribution in [1.29, 1.82) is 0 Å². The van der Waals surface area contributed by atoms with Crippen LogP contribution in [-0.4, -0.2) is 24.0 Å². The summed E-state index contributed by atoms with van der Waals surface area (Å²) in [6.45, 7) is 2.81. The van der Waals surface area contributed by atoms with Crippen molar-refractivity contribution in [3.8, 4) is 0 Å². The maximum atomic E-state index is 11.4. The van der Waals surface area contributed by atoms with Gasteiger partial charge in [-0.1, -0.05) is 13.0 Å². The summed E-state index contributed by atoms with van der Waals surface area (Å²) in [7, 11) is 0. The first-order valence-corrected chi connectivity index (χ1v) is 5.11. The Kier molecular flexibility index (Phi) is 4.77. The highest BCUT2D eigenvalue weighted by Crippen LogP contribution is 1.94. The summed E-state index contributed by atoms with van der Waals surface area (Å²) in [5.41, 5.74) is 6.37. The SMILES string of the molecule is CC(CN)C(=O)NCCc1ccccn1. The highest BCUT2D eigenvalue weighted by atomic mass is 16.1. The van der Waals surface area contributed by atoms with Gasteiger partial charge >= 0.3 is 0 Å². The molecular formula is C11H17N3O. The first-order valence-electron chi connectivity index (χ1n) is 5.11. The average molecular weight is 207 g/mol. The number of hydrogen-bond acceptors (Lipinski definition) is 3. The first-order chi connectivity index (χ1) is 7.24. The summed E-state index contributed by atoms with van der Waals surface area (Å²) in [5, 5.41) is 2.82. The molecule has 0 saturated heterocycles. The fraction of sp³-hybridized carbons (Fsp3) is 0.455. The average Bonchev–Trinajstić information content (AvgIpc) is 2.29. The van der Waals surface area contributed by atoms with Gasteiger partial charge in [-0.25, -0.2) is 0 Å². The molecular weight excluding hydrogens is 190 g/mol. The Bertz CT molecular complexity index is 300. The lowest BCUT2D eigenvalue weighted by Gasteiger charge is -2.09. The molecule has 3 N–H and O–H groups in total. The van der Waals surface area contributed by atoms with E-state index in [9.17, 15) is 4.79 Å². The summed E-state index contributed by atoms with van der Waals surface area (Å²) < 4.78 is 0. The highest BCUT2D eigenvalue weighted by Gasteiger charge is 2.09. The zero-order chi connectivity index (χ0) is 11.1. The second-order valence-corrected chi connectivity index (χ2v) is 3.50. The molecule has 82 valence electrons. The molecule has 0 aliphatic rings. The number of carbonyl (C=O) groups is 1. The molecule has 1 atom stereocenters. The van der Waals surface area contributed by atoms with Crippen molar-refractivity contribution in [3.63, 3.8) is 0 Å². The van der Waals surface area contributed by atoms with Crippen molar-refractivity contribution in [2.24, 2.45) is 11.7 Å². The van der Waals surface area contributed by atoms with Crippen LogP contribution < -0.4 is 11.1 Å². The molecule has 1 heterocycles. The van der Waals surface area contributed by atoms with Gasteiger partial charge in [-0.05, 0) is 12.1 Å². The number of aromatic nitrogens is 1. The van der Waals surface area contributed by atoms with Gasteiger partial charge in [0.2, 0.25) is 5.91 Å². The van der Waals surface area contributed by atoms with Crippen LogP contribution in [0.4, 0.5) is 0 Å². The van der Waals surface area contributed by atoms with E-state index in [1.165, 1.54) is 0 Å². The van der Waals surface area contributed by atoms with E-state index >= 15 is 0 Å². The second-order valence-electron chi connectivity index (χ2n) is 3.50. The summed E-state index contributed by atoms with van der Waals surface area (Å²) in [6, 6.07) is 5.75. The van der Waals surface area contributed by atoms with Crippen molar-refractivity contribution in [2.75, 3.05) is 13.1 Å². The Morgan fingerprint density at radius 2 is 2.40 bits per heavy atom. The third-order valence-electron chi connectivity index (χ3n) is 2.21. The van der Waals surface area contributed by atoms with Crippen molar-refractivity contribution in [2.45, 2.75) is 13.3 Å². The van der Waals surface area contributed by atoms with Gasteiger partial charge in [0.05, 0.1) is 0 Å². The molecule has 1 aromatic rings. The predicted octanol–water partition coefficient (Wildman–Crippen LogP) is 0.335. The maximum absolute atomic E-state index is 11.4. The topological polar surface area (TPSA) is 68.0 Å². The number of nitrogens with one attached hydrogen (secondary N) is 1. The minimum Gasteiger partial charge on any atom is -0.355 e. The molecule has 4 heteroatoms. The van der Waals surface area contributed by atoms with E-state index in [0.29, 0.717) is 13.1 Å². The molecule has 0 aromatic carbocycles. The van der Waals surface area contributed by atoms with Gasteiger partial charge in [-0.2, -0.15) is 0 Å². The molecule has 4 nitrogen and oxygen atoms in total. The Morgan fingerprint density at radius 3 is 3.00 bits per heavy atom. The summed E-state index contributed by atoms with van der Waals surface area (Å²) >= 11 is 0. The first kappa shape index (κ1) is 11.7. The summed E-state index contributed by atoms with van der Waals surface area (Å²) in [6.07, 6.45) is 2.50. The lowest BCUT2D eigenvalue weighted by atomic mass is 10.1. The molecule has 0 radical (unpaired) electrons. The predicted molar refractivity (Wildman–Crippen MR) is 59.2 cm³/mol. The number of pyridine rings is 1. The fourth-order valence-electron chi connectivity index (χ4n) is 1.14. The highest BCUT2D eigenvalue weighted by molar-refractivity contribution is 5.78. The van der Waals surface area contributed by atoms with Crippen molar-refractivity contribution < 1.29 is 4.79 Å². The van der Waals surface area contributed by atoms with Gasteiger partial charge in [0.15, 0.2) is 0 Å². The van der Waals surface area contributed by atoms with Gasteiger partial charge in [0.25, 0.3) is 0 Å². The Morgan fingerprint density at radius 1 is 1.60 bits per heavy atom. The van der Waals surface area contributed by atoms with E-state index < -0.39 is 0 Å². The molecule has 1 unspecified atom stereocenters. The van der Waals surface area contributed by atoms with Gasteiger partial charge in [0.1, 0.15) is 0 Å². The Balaban J connectivity index is 2.25. The smallest absolute Gasteiger partial charge is 0.224 e. The molecule has 0 spiro atoms. The number of hydrogen-bond donors (Lipinski definition) is 2. The molecule has 15 heavy (non-hydrogen) atoms. The van der Waals surface area contributed by atoms with Gasteiger partial charge < -0.3 is 11.1 Å². The molecule has 0 aliphatic carbocycles. The maximum Gasteiger partial charge on any atom is 0.224 e. The number of nitrogens with zero attached hydrogens (tertiary/aromatic N) is 1. The normalized spacial score (nSPS) is 12.1. The molecule has 0 fully saturated rings. The van der Waals surface area contributed by atoms with Gasteiger partial charge in [-0.15, -0.1) is 0 Å². The van der Waals surface area contributed by atoms with E-state index in [0.717, 1.165) is 12.1 Å². The van der Waals surface area contributed by atoms with E-state index in [1.807, 2.05) is 25.1 Å². The van der Waals surface area contributed by atoms with E-state index in [-0.39, 0.29) is 11.8 Å². The van der Waals surface area contributed by atoms with Crippen LogP contribution >= 0.6 is 0 Å². The standard InChI is InChI=1S/C11H17N3O/c1-9(8-12)11(15)14-7-5-10-4-2-3-6-13-10/h2-4,6,9H,5,7-8,12H2,1H3,(H,14,15). The van der Waals surface area contributed by atoms with Crippen LogP contribution in [0.15, 0.2) is 24.4 Å². The number of rotatable bonds is 5. The molecule has 0 aliphatic heterocycles. The number of carbonyl (C=O) groups excluding carboxylic acids is 1. The van der Waals surface area contributed by atoms with Gasteiger partial charge in [-0.3, -0.25) is 9.78 Å². The molecule has 1 aromatic heterocycles. The minimum atomic E-state index is -0.117. The van der Waals surface area contributed by atoms with E-state index in [4.69, 9.17) is 5.73 Å². The second kappa shape index (κ2) is 6.14. The van der Waals surface area contributed by atoms with Crippen LogP contribution in [0.25, 0.3) is 0 Å². The van der Waals surface area contributed by atoms with E-state index in [2.05, 4.69) is 10.3 Å². The molecule has 1 amide bonds. The third-order valence-corrected chi connectivity index (χ3v) is 2.21. The molecule has 0 saturated carbocycles. The largest absolute Gasteiger partial charge is 0.355 e. The zero-order valence-corrected chi connectivity index (χ0v) is 8.94. The van der Waals surface area contributed by atoms with Crippen LogP contribution in [0.2, 0.25) is 0 Å². The zero-order valence-electron chi connectivity index (χ0n) is 8.94. The molecule has 0 bridgehead atoms. The lowest BCUT2D eigenvalue weighted by molar-refractivity contribution is -0.124. The Hall–Kier alpha value is -1.42. The van der Waals surface area contributed by atoms with Crippen molar-refractivity contribution in [1.82, 2.24) is 10.3 Å². The van der Waals surface area contributed by atoms with Crippen molar-refractivity contribution >= 4 is 5.91 Å². The Labute approximate surface area is 89.9 Å². The van der Waals surface area contributed by atoms with E-state index in [1.54, 1.807) is 6.20 Å². The summed E-state index contributed by atoms with van der Waals surface area (Å²) in [4.78, 5) is 15.5. The van der Waals surface area contributed by atoms with Crippen LogP contribution in [-0.2, 0) is 11.2 Å². The van der Waals surface area contributed by atoms with Crippen molar-refractivity contribution in [3.05, 3.63) is 30.1 Å². The lowest BCUT2D eigenvalue weighted by Crippen LogP contribution is -2.34. The third kappa shape index (κ3) is 4.08. The van der Waals surface area contributed by atoms with Crippen LogP contribution in [0, 0.1) is 5.92 Å². The quantitative estimate of drug-likeness (QED) is 0.731. The minimum absolute atomic E-state index is 0.00781. The molecule has 1 rings (SSSR count). The van der Waals surface area contributed by atoms with Crippen LogP contribution in [0.3, 0.4) is 0 Å².